The number of rotatable bonds is 5. The van der Waals surface area contributed by atoms with E-state index in [9.17, 15) is 9.59 Å². The SMILES string of the molecule is COc1cc(NC(=O)N(C)C(C)C(C)C)ccc1C(=O)O. The van der Waals surface area contributed by atoms with Crippen LogP contribution < -0.4 is 10.1 Å². The van der Waals surface area contributed by atoms with Gasteiger partial charge in [0.05, 0.1) is 7.11 Å². The first-order chi connectivity index (χ1) is 9.77. The van der Waals surface area contributed by atoms with Crippen LogP contribution in [0.5, 0.6) is 5.75 Å². The van der Waals surface area contributed by atoms with Crippen molar-refractivity contribution in [2.75, 3.05) is 19.5 Å². The van der Waals surface area contributed by atoms with Gasteiger partial charge >= 0.3 is 12.0 Å². The first-order valence-electron chi connectivity index (χ1n) is 6.73. The number of carbonyl (C=O) groups excluding carboxylic acids is 1. The second kappa shape index (κ2) is 6.97. The van der Waals surface area contributed by atoms with Crippen LogP contribution in [0.2, 0.25) is 0 Å². The summed E-state index contributed by atoms with van der Waals surface area (Å²) in [4.78, 5) is 24.8. The normalized spacial score (nSPS) is 11.9. The van der Waals surface area contributed by atoms with Gasteiger partial charge in [-0.2, -0.15) is 0 Å². The molecule has 0 fully saturated rings. The number of ether oxygens (including phenoxy) is 1. The molecule has 2 N–H and O–H groups in total. The van der Waals surface area contributed by atoms with E-state index in [0.717, 1.165) is 0 Å². The third-order valence-corrected chi connectivity index (χ3v) is 3.58. The van der Waals surface area contributed by atoms with Crippen molar-refractivity contribution in [2.45, 2.75) is 26.8 Å². The fourth-order valence-electron chi connectivity index (χ4n) is 1.79. The molecule has 0 aliphatic carbocycles. The summed E-state index contributed by atoms with van der Waals surface area (Å²) >= 11 is 0. The van der Waals surface area contributed by atoms with Crippen LogP contribution in [-0.4, -0.2) is 42.2 Å². The molecule has 1 aromatic rings. The highest BCUT2D eigenvalue weighted by Gasteiger charge is 2.19. The molecule has 0 aromatic heterocycles. The minimum absolute atomic E-state index is 0.0550. The lowest BCUT2D eigenvalue weighted by atomic mass is 10.1. The van der Waals surface area contributed by atoms with Crippen molar-refractivity contribution in [2.24, 2.45) is 5.92 Å². The number of benzene rings is 1. The van der Waals surface area contributed by atoms with E-state index >= 15 is 0 Å². The minimum Gasteiger partial charge on any atom is -0.496 e. The Morgan fingerprint density at radius 3 is 2.38 bits per heavy atom. The van der Waals surface area contributed by atoms with Gasteiger partial charge in [-0.3, -0.25) is 0 Å². The van der Waals surface area contributed by atoms with Crippen LogP contribution in [0.15, 0.2) is 18.2 Å². The van der Waals surface area contributed by atoms with Gasteiger partial charge in [-0.25, -0.2) is 9.59 Å². The van der Waals surface area contributed by atoms with Crippen LogP contribution in [0.4, 0.5) is 10.5 Å². The molecule has 0 bridgehead atoms. The predicted octanol–water partition coefficient (Wildman–Crippen LogP) is 2.90. The topological polar surface area (TPSA) is 78.9 Å². The molecule has 1 aromatic carbocycles. The molecule has 0 spiro atoms. The lowest BCUT2D eigenvalue weighted by Gasteiger charge is -2.28. The van der Waals surface area contributed by atoms with Gasteiger partial charge in [0.1, 0.15) is 11.3 Å². The van der Waals surface area contributed by atoms with Crippen LogP contribution in [0, 0.1) is 5.92 Å². The van der Waals surface area contributed by atoms with Crippen molar-refractivity contribution in [1.29, 1.82) is 0 Å². The number of carboxylic acids is 1. The number of anilines is 1. The number of urea groups is 1. The highest BCUT2D eigenvalue weighted by atomic mass is 16.5. The molecule has 0 heterocycles. The van der Waals surface area contributed by atoms with Crippen molar-refractivity contribution in [3.05, 3.63) is 23.8 Å². The molecule has 116 valence electrons. The summed E-state index contributed by atoms with van der Waals surface area (Å²) in [6, 6.07) is 4.28. The molecule has 2 amide bonds. The predicted molar refractivity (Wildman–Crippen MR) is 81.0 cm³/mol. The van der Waals surface area contributed by atoms with Crippen molar-refractivity contribution >= 4 is 17.7 Å². The molecule has 0 saturated carbocycles. The lowest BCUT2D eigenvalue weighted by molar-refractivity contribution is 0.0693. The summed E-state index contributed by atoms with van der Waals surface area (Å²) in [6.07, 6.45) is 0. The second-order valence-corrected chi connectivity index (χ2v) is 5.25. The summed E-state index contributed by atoms with van der Waals surface area (Å²) in [5.41, 5.74) is 0.545. The Morgan fingerprint density at radius 2 is 1.90 bits per heavy atom. The number of carboxylic acid groups (broad SMARTS) is 1. The van der Waals surface area contributed by atoms with Crippen LogP contribution >= 0.6 is 0 Å². The van der Waals surface area contributed by atoms with Gasteiger partial charge < -0.3 is 20.1 Å². The summed E-state index contributed by atoms with van der Waals surface area (Å²) in [7, 11) is 3.11. The molecule has 1 rings (SSSR count). The molecular formula is C15H22N2O4. The molecule has 6 heteroatoms. The monoisotopic (exact) mass is 294 g/mol. The number of hydrogen-bond donors (Lipinski definition) is 2. The van der Waals surface area contributed by atoms with E-state index in [2.05, 4.69) is 5.32 Å². The average Bonchev–Trinajstić information content (AvgIpc) is 2.44. The maximum atomic E-state index is 12.1. The van der Waals surface area contributed by atoms with E-state index in [1.165, 1.54) is 25.3 Å². The molecule has 1 unspecified atom stereocenters. The zero-order valence-corrected chi connectivity index (χ0v) is 13.0. The van der Waals surface area contributed by atoms with Crippen LogP contribution in [-0.2, 0) is 0 Å². The Hall–Kier alpha value is -2.24. The Bertz CT molecular complexity index is 528. The largest absolute Gasteiger partial charge is 0.496 e. The number of methoxy groups -OCH3 is 1. The van der Waals surface area contributed by atoms with Crippen molar-refractivity contribution in [3.63, 3.8) is 0 Å². The highest BCUT2D eigenvalue weighted by molar-refractivity contribution is 5.94. The number of aromatic carboxylic acids is 1. The molecule has 0 radical (unpaired) electrons. The Labute approximate surface area is 124 Å². The zero-order chi connectivity index (χ0) is 16.2. The molecule has 0 aliphatic rings. The fourth-order valence-corrected chi connectivity index (χ4v) is 1.79. The molecular weight excluding hydrogens is 272 g/mol. The Balaban J connectivity index is 2.88. The van der Waals surface area contributed by atoms with E-state index < -0.39 is 5.97 Å². The second-order valence-electron chi connectivity index (χ2n) is 5.25. The number of amides is 2. The minimum atomic E-state index is -1.07. The first-order valence-corrected chi connectivity index (χ1v) is 6.73. The lowest BCUT2D eigenvalue weighted by Crippen LogP contribution is -2.40. The molecule has 1 atom stereocenters. The van der Waals surface area contributed by atoms with E-state index in [0.29, 0.717) is 11.6 Å². The third-order valence-electron chi connectivity index (χ3n) is 3.58. The smallest absolute Gasteiger partial charge is 0.339 e. The number of hydrogen-bond acceptors (Lipinski definition) is 3. The highest BCUT2D eigenvalue weighted by Crippen LogP contribution is 2.23. The fraction of sp³-hybridized carbons (Fsp3) is 0.467. The molecule has 21 heavy (non-hydrogen) atoms. The van der Waals surface area contributed by atoms with Crippen molar-refractivity contribution in [3.8, 4) is 5.75 Å². The van der Waals surface area contributed by atoms with Gasteiger partial charge in [0.15, 0.2) is 0 Å². The van der Waals surface area contributed by atoms with E-state index in [1.807, 2.05) is 20.8 Å². The number of nitrogens with one attached hydrogen (secondary N) is 1. The molecule has 0 saturated heterocycles. The van der Waals surface area contributed by atoms with E-state index in [-0.39, 0.29) is 23.4 Å². The number of carbonyl (C=O) groups is 2. The van der Waals surface area contributed by atoms with Gasteiger partial charge in [0, 0.05) is 24.8 Å². The summed E-state index contributed by atoms with van der Waals surface area (Å²) in [6.45, 7) is 6.05. The molecule has 0 aliphatic heterocycles. The van der Waals surface area contributed by atoms with E-state index in [1.54, 1.807) is 11.9 Å². The van der Waals surface area contributed by atoms with Crippen LogP contribution in [0.1, 0.15) is 31.1 Å². The zero-order valence-electron chi connectivity index (χ0n) is 13.0. The Kier molecular flexibility index (Phi) is 5.58. The first kappa shape index (κ1) is 16.8. The standard InChI is InChI=1S/C15H22N2O4/c1-9(2)10(3)17(4)15(20)16-11-6-7-12(14(18)19)13(8-11)21-5/h6-10H,1-5H3,(H,16,20)(H,18,19). The van der Waals surface area contributed by atoms with Gasteiger partial charge in [0.25, 0.3) is 0 Å². The van der Waals surface area contributed by atoms with Crippen molar-refractivity contribution in [1.82, 2.24) is 4.90 Å². The van der Waals surface area contributed by atoms with E-state index in [4.69, 9.17) is 9.84 Å². The molecule has 6 nitrogen and oxygen atoms in total. The number of nitrogens with zero attached hydrogens (tertiary/aromatic N) is 1. The van der Waals surface area contributed by atoms with Gasteiger partial charge in [-0.15, -0.1) is 0 Å². The van der Waals surface area contributed by atoms with Crippen LogP contribution in [0.3, 0.4) is 0 Å². The van der Waals surface area contributed by atoms with Crippen molar-refractivity contribution < 1.29 is 19.4 Å². The average molecular weight is 294 g/mol. The maximum Gasteiger partial charge on any atom is 0.339 e. The summed E-state index contributed by atoms with van der Waals surface area (Å²) in [5, 5.41) is 11.7. The van der Waals surface area contributed by atoms with Gasteiger partial charge in [-0.1, -0.05) is 13.8 Å². The van der Waals surface area contributed by atoms with Gasteiger partial charge in [-0.05, 0) is 25.0 Å². The van der Waals surface area contributed by atoms with Crippen LogP contribution in [0.25, 0.3) is 0 Å². The Morgan fingerprint density at radius 1 is 1.29 bits per heavy atom. The third kappa shape index (κ3) is 4.11. The van der Waals surface area contributed by atoms with Gasteiger partial charge in [0.2, 0.25) is 0 Å². The summed E-state index contributed by atoms with van der Waals surface area (Å²) in [5.74, 6) is -0.528. The maximum absolute atomic E-state index is 12.1. The summed E-state index contributed by atoms with van der Waals surface area (Å²) < 4.78 is 5.03. The quantitative estimate of drug-likeness (QED) is 0.875.